The number of aliphatic hydroxyl groups excluding tert-OH is 1. The quantitative estimate of drug-likeness (QED) is 0.825. The molecule has 1 rings (SSSR count). The van der Waals surface area contributed by atoms with Crippen molar-refractivity contribution >= 4 is 5.69 Å². The molecule has 0 aliphatic carbocycles. The summed E-state index contributed by atoms with van der Waals surface area (Å²) in [5.74, 6) is 1.15. The Morgan fingerprint density at radius 2 is 2.00 bits per heavy atom. The van der Waals surface area contributed by atoms with Gasteiger partial charge in [-0.2, -0.15) is 0 Å². The molecular weight excluding hydrogens is 214 g/mol. The van der Waals surface area contributed by atoms with Crippen LogP contribution in [-0.2, 0) is 0 Å². The normalized spacial score (nSPS) is 14.2. The Morgan fingerprint density at radius 3 is 2.59 bits per heavy atom. The van der Waals surface area contributed by atoms with Gasteiger partial charge in [-0.15, -0.1) is 0 Å². The van der Waals surface area contributed by atoms with Crippen molar-refractivity contribution in [1.29, 1.82) is 0 Å². The number of aliphatic hydroxyl groups is 1. The fourth-order valence-electron chi connectivity index (χ4n) is 1.78. The first kappa shape index (κ1) is 13.8. The maximum atomic E-state index is 10.0. The topological polar surface area (TPSA) is 32.7 Å². The van der Waals surface area contributed by atoms with E-state index in [0.717, 1.165) is 17.9 Å². The van der Waals surface area contributed by atoms with Gasteiger partial charge in [0.25, 0.3) is 0 Å². The molecule has 0 radical (unpaired) electrons. The molecular formula is C14H23NO2. The third kappa shape index (κ3) is 3.63. The number of ether oxygens (including phenoxy) is 1. The maximum absolute atomic E-state index is 10.0. The van der Waals surface area contributed by atoms with Gasteiger partial charge in [-0.3, -0.25) is 0 Å². The van der Waals surface area contributed by atoms with E-state index < -0.39 is 0 Å². The Bertz CT molecular complexity index is 341. The number of likely N-dealkylation sites (N-methyl/N-ethyl adjacent to an activating group) is 1. The largest absolute Gasteiger partial charge is 0.495 e. The zero-order chi connectivity index (χ0) is 12.8. The second-order valence-electron chi connectivity index (χ2n) is 4.51. The first-order valence-electron chi connectivity index (χ1n) is 6.12. The highest BCUT2D eigenvalue weighted by Gasteiger charge is 2.16. The van der Waals surface area contributed by atoms with Gasteiger partial charge in [-0.05, 0) is 18.1 Å². The number of hydrogen-bond donors (Lipinski definition) is 1. The summed E-state index contributed by atoms with van der Waals surface area (Å²) in [6.45, 7) is 4.78. The molecule has 1 N–H and O–H groups in total. The zero-order valence-corrected chi connectivity index (χ0v) is 11.2. The van der Waals surface area contributed by atoms with E-state index in [1.54, 1.807) is 7.11 Å². The first-order chi connectivity index (χ1) is 8.10. The molecule has 0 aliphatic heterocycles. The van der Waals surface area contributed by atoms with Gasteiger partial charge in [0.05, 0.1) is 18.9 Å². The average molecular weight is 237 g/mol. The van der Waals surface area contributed by atoms with E-state index in [1.165, 1.54) is 0 Å². The number of rotatable bonds is 6. The minimum absolute atomic E-state index is 0.310. The van der Waals surface area contributed by atoms with Gasteiger partial charge in [0.2, 0.25) is 0 Å². The monoisotopic (exact) mass is 237 g/mol. The lowest BCUT2D eigenvalue weighted by Gasteiger charge is -2.26. The third-order valence-electron chi connectivity index (χ3n) is 3.26. The highest BCUT2D eigenvalue weighted by molar-refractivity contribution is 5.57. The van der Waals surface area contributed by atoms with Crippen LogP contribution < -0.4 is 9.64 Å². The van der Waals surface area contributed by atoms with Crippen LogP contribution in [0.1, 0.15) is 20.3 Å². The van der Waals surface area contributed by atoms with Gasteiger partial charge < -0.3 is 14.7 Å². The van der Waals surface area contributed by atoms with Crippen LogP contribution >= 0.6 is 0 Å². The Morgan fingerprint density at radius 1 is 1.35 bits per heavy atom. The molecule has 0 saturated carbocycles. The summed E-state index contributed by atoms with van der Waals surface area (Å²) >= 11 is 0. The third-order valence-corrected chi connectivity index (χ3v) is 3.26. The molecule has 3 heteroatoms. The predicted molar refractivity (Wildman–Crippen MR) is 71.7 cm³/mol. The molecule has 0 amide bonds. The van der Waals surface area contributed by atoms with Crippen LogP contribution in [0.25, 0.3) is 0 Å². The first-order valence-corrected chi connectivity index (χ1v) is 6.12. The zero-order valence-electron chi connectivity index (χ0n) is 11.2. The van der Waals surface area contributed by atoms with Crippen molar-refractivity contribution in [3.63, 3.8) is 0 Å². The van der Waals surface area contributed by atoms with Crippen molar-refractivity contribution < 1.29 is 9.84 Å². The fraction of sp³-hybridized carbons (Fsp3) is 0.571. The summed E-state index contributed by atoms with van der Waals surface area (Å²) in [6.07, 6.45) is 0.677. The molecule has 96 valence electrons. The van der Waals surface area contributed by atoms with E-state index in [-0.39, 0.29) is 6.10 Å². The molecule has 0 heterocycles. The van der Waals surface area contributed by atoms with Gasteiger partial charge in [-0.25, -0.2) is 0 Å². The lowest BCUT2D eigenvalue weighted by Crippen LogP contribution is -2.33. The molecule has 1 aromatic rings. The van der Waals surface area contributed by atoms with Crippen LogP contribution in [-0.4, -0.2) is 31.9 Å². The van der Waals surface area contributed by atoms with Gasteiger partial charge >= 0.3 is 0 Å². The van der Waals surface area contributed by atoms with E-state index in [1.807, 2.05) is 36.2 Å². The number of benzene rings is 1. The van der Waals surface area contributed by atoms with Crippen LogP contribution in [0.15, 0.2) is 24.3 Å². The Balaban J connectivity index is 2.72. The number of methoxy groups -OCH3 is 1. The van der Waals surface area contributed by atoms with Crippen LogP contribution in [0.5, 0.6) is 5.75 Å². The SMILES string of the molecule is CCC(C)C(O)CN(C)c1ccccc1OC. The fourth-order valence-corrected chi connectivity index (χ4v) is 1.78. The van der Waals surface area contributed by atoms with Gasteiger partial charge in [-0.1, -0.05) is 32.4 Å². The molecule has 0 bridgehead atoms. The molecule has 2 atom stereocenters. The molecule has 0 spiro atoms. The molecule has 1 aromatic carbocycles. The second-order valence-corrected chi connectivity index (χ2v) is 4.51. The highest BCUT2D eigenvalue weighted by atomic mass is 16.5. The predicted octanol–water partition coefficient (Wildman–Crippen LogP) is 2.54. The van der Waals surface area contributed by atoms with E-state index in [9.17, 15) is 5.11 Å². The summed E-state index contributed by atoms with van der Waals surface area (Å²) in [5, 5.41) is 10.0. The van der Waals surface area contributed by atoms with Crippen molar-refractivity contribution in [2.24, 2.45) is 5.92 Å². The number of anilines is 1. The lowest BCUT2D eigenvalue weighted by atomic mass is 10.0. The summed E-state index contributed by atoms with van der Waals surface area (Å²) < 4.78 is 5.31. The van der Waals surface area contributed by atoms with Crippen LogP contribution in [0.4, 0.5) is 5.69 Å². The van der Waals surface area contributed by atoms with Crippen molar-refractivity contribution in [1.82, 2.24) is 0 Å². The molecule has 0 aromatic heterocycles. The molecule has 0 aliphatic rings. The summed E-state index contributed by atoms with van der Waals surface area (Å²) in [5.41, 5.74) is 1.01. The van der Waals surface area contributed by atoms with Gasteiger partial charge in [0.15, 0.2) is 0 Å². The maximum Gasteiger partial charge on any atom is 0.142 e. The minimum atomic E-state index is -0.310. The van der Waals surface area contributed by atoms with Crippen molar-refractivity contribution in [2.45, 2.75) is 26.4 Å². The highest BCUT2D eigenvalue weighted by Crippen LogP contribution is 2.27. The van der Waals surface area contributed by atoms with Crippen LogP contribution in [0, 0.1) is 5.92 Å². The van der Waals surface area contributed by atoms with E-state index in [0.29, 0.717) is 12.5 Å². The summed E-state index contributed by atoms with van der Waals surface area (Å²) in [4.78, 5) is 2.04. The van der Waals surface area contributed by atoms with Crippen molar-refractivity contribution in [2.75, 3.05) is 25.6 Å². The average Bonchev–Trinajstić information content (AvgIpc) is 2.37. The van der Waals surface area contributed by atoms with Gasteiger partial charge in [0, 0.05) is 13.6 Å². The smallest absolute Gasteiger partial charge is 0.142 e. The number of para-hydroxylation sites is 2. The van der Waals surface area contributed by atoms with E-state index in [2.05, 4.69) is 13.8 Å². The molecule has 2 unspecified atom stereocenters. The van der Waals surface area contributed by atoms with E-state index >= 15 is 0 Å². The number of nitrogens with zero attached hydrogens (tertiary/aromatic N) is 1. The second kappa shape index (κ2) is 6.50. The Labute approximate surface area is 104 Å². The summed E-state index contributed by atoms with van der Waals surface area (Å²) in [6, 6.07) is 7.86. The molecule has 17 heavy (non-hydrogen) atoms. The molecule has 3 nitrogen and oxygen atoms in total. The lowest BCUT2D eigenvalue weighted by molar-refractivity contribution is 0.121. The minimum Gasteiger partial charge on any atom is -0.495 e. The molecule has 0 fully saturated rings. The summed E-state index contributed by atoms with van der Waals surface area (Å²) in [7, 11) is 3.64. The Hall–Kier alpha value is -1.22. The van der Waals surface area contributed by atoms with Crippen molar-refractivity contribution in [3.05, 3.63) is 24.3 Å². The Kier molecular flexibility index (Phi) is 5.29. The van der Waals surface area contributed by atoms with Crippen LogP contribution in [0.3, 0.4) is 0 Å². The van der Waals surface area contributed by atoms with Crippen molar-refractivity contribution in [3.8, 4) is 5.75 Å². The number of hydrogen-bond acceptors (Lipinski definition) is 3. The van der Waals surface area contributed by atoms with Gasteiger partial charge in [0.1, 0.15) is 5.75 Å². The van der Waals surface area contributed by atoms with Crippen LogP contribution in [0.2, 0.25) is 0 Å². The molecule has 0 saturated heterocycles. The van der Waals surface area contributed by atoms with E-state index in [4.69, 9.17) is 4.74 Å². The standard InChI is InChI=1S/C14H23NO2/c1-5-11(2)13(16)10-15(3)12-8-6-7-9-14(12)17-4/h6-9,11,13,16H,5,10H2,1-4H3.